The van der Waals surface area contributed by atoms with Crippen molar-refractivity contribution in [3.63, 3.8) is 0 Å². The van der Waals surface area contributed by atoms with Gasteiger partial charge in [0.15, 0.2) is 0 Å². The molecule has 126 valence electrons. The van der Waals surface area contributed by atoms with Crippen LogP contribution in [0.4, 0.5) is 4.39 Å². The Morgan fingerprint density at radius 3 is 2.64 bits per heavy atom. The minimum absolute atomic E-state index is 0.165. The lowest BCUT2D eigenvalue weighted by Crippen LogP contribution is -2.31. The number of halogens is 1. The molecule has 1 heterocycles. The Morgan fingerprint density at radius 2 is 2.00 bits per heavy atom. The van der Waals surface area contributed by atoms with Crippen LogP contribution in [0, 0.1) is 17.1 Å². The molecule has 0 unspecified atom stereocenters. The first kappa shape index (κ1) is 16.7. The first-order valence-electron chi connectivity index (χ1n) is 8.18. The van der Waals surface area contributed by atoms with Crippen LogP contribution in [0.15, 0.2) is 48.5 Å². The van der Waals surface area contributed by atoms with Crippen molar-refractivity contribution in [2.45, 2.75) is 19.9 Å². The minimum atomic E-state index is -0.345. The molecule has 1 amide bonds. The predicted octanol–water partition coefficient (Wildman–Crippen LogP) is 4.23. The molecule has 0 saturated heterocycles. The van der Waals surface area contributed by atoms with E-state index in [0.29, 0.717) is 35.2 Å². The van der Waals surface area contributed by atoms with Crippen molar-refractivity contribution in [1.82, 2.24) is 9.88 Å². The standard InChI is InChI=1S/C20H18FN3O/c1-2-10-24(13-15-8-6-14(12-22)7-9-15)20(25)19-11-16-17(21)4-3-5-18(16)23-19/h3-9,11,23H,2,10,13H2,1H3. The number of carbonyl (C=O) groups is 1. The third kappa shape index (κ3) is 3.53. The van der Waals surface area contributed by atoms with Gasteiger partial charge in [0.25, 0.3) is 5.91 Å². The maximum Gasteiger partial charge on any atom is 0.270 e. The number of hydrogen-bond acceptors (Lipinski definition) is 2. The molecular weight excluding hydrogens is 317 g/mol. The summed E-state index contributed by atoms with van der Waals surface area (Å²) in [6, 6.07) is 15.6. The SMILES string of the molecule is CCCN(Cc1ccc(C#N)cc1)C(=O)c1cc2c(F)cccc2[nH]1. The summed E-state index contributed by atoms with van der Waals surface area (Å²) < 4.78 is 13.9. The number of rotatable bonds is 5. The van der Waals surface area contributed by atoms with Crippen molar-refractivity contribution < 1.29 is 9.18 Å². The zero-order valence-electron chi connectivity index (χ0n) is 13.9. The molecule has 3 rings (SSSR count). The summed E-state index contributed by atoms with van der Waals surface area (Å²) in [7, 11) is 0. The Balaban J connectivity index is 1.86. The normalized spacial score (nSPS) is 10.6. The second kappa shape index (κ2) is 7.18. The first-order chi connectivity index (χ1) is 12.1. The minimum Gasteiger partial charge on any atom is -0.350 e. The van der Waals surface area contributed by atoms with E-state index in [0.717, 1.165) is 12.0 Å². The van der Waals surface area contributed by atoms with Crippen LogP contribution in [0.2, 0.25) is 0 Å². The van der Waals surface area contributed by atoms with Gasteiger partial charge in [-0.05, 0) is 42.3 Å². The highest BCUT2D eigenvalue weighted by Gasteiger charge is 2.18. The number of benzene rings is 2. The number of fused-ring (bicyclic) bond motifs is 1. The van der Waals surface area contributed by atoms with Gasteiger partial charge >= 0.3 is 0 Å². The number of aromatic amines is 1. The zero-order valence-corrected chi connectivity index (χ0v) is 13.9. The van der Waals surface area contributed by atoms with E-state index in [1.165, 1.54) is 6.07 Å². The molecule has 2 aromatic carbocycles. The van der Waals surface area contributed by atoms with Gasteiger partial charge in [0.1, 0.15) is 11.5 Å². The number of hydrogen-bond donors (Lipinski definition) is 1. The van der Waals surface area contributed by atoms with E-state index in [2.05, 4.69) is 11.1 Å². The molecule has 0 radical (unpaired) electrons. The van der Waals surface area contributed by atoms with E-state index in [9.17, 15) is 9.18 Å². The van der Waals surface area contributed by atoms with Gasteiger partial charge in [-0.1, -0.05) is 25.1 Å². The number of nitrogens with zero attached hydrogens (tertiary/aromatic N) is 2. The van der Waals surface area contributed by atoms with E-state index in [-0.39, 0.29) is 11.7 Å². The Kier molecular flexibility index (Phi) is 4.80. The largest absolute Gasteiger partial charge is 0.350 e. The fourth-order valence-electron chi connectivity index (χ4n) is 2.83. The van der Waals surface area contributed by atoms with Crippen molar-refractivity contribution in [2.75, 3.05) is 6.54 Å². The lowest BCUT2D eigenvalue weighted by Gasteiger charge is -2.21. The maximum absolute atomic E-state index is 13.9. The van der Waals surface area contributed by atoms with E-state index >= 15 is 0 Å². The van der Waals surface area contributed by atoms with Gasteiger partial charge < -0.3 is 9.88 Å². The molecule has 0 aliphatic heterocycles. The summed E-state index contributed by atoms with van der Waals surface area (Å²) in [4.78, 5) is 17.6. The Morgan fingerprint density at radius 1 is 1.24 bits per heavy atom. The molecule has 4 nitrogen and oxygen atoms in total. The molecule has 0 aliphatic rings. The average Bonchev–Trinajstić information content (AvgIpc) is 3.07. The lowest BCUT2D eigenvalue weighted by molar-refractivity contribution is 0.0738. The van der Waals surface area contributed by atoms with Crippen LogP contribution in [-0.2, 0) is 6.54 Å². The summed E-state index contributed by atoms with van der Waals surface area (Å²) in [5.41, 5.74) is 2.52. The van der Waals surface area contributed by atoms with Crippen LogP contribution in [0.1, 0.15) is 35.0 Å². The van der Waals surface area contributed by atoms with Gasteiger partial charge in [-0.15, -0.1) is 0 Å². The van der Waals surface area contributed by atoms with Crippen molar-refractivity contribution in [3.8, 4) is 6.07 Å². The summed E-state index contributed by atoms with van der Waals surface area (Å²) in [6.07, 6.45) is 0.816. The molecule has 0 aliphatic carbocycles. The highest BCUT2D eigenvalue weighted by atomic mass is 19.1. The second-order valence-corrected chi connectivity index (χ2v) is 5.92. The molecule has 0 saturated carbocycles. The van der Waals surface area contributed by atoms with Gasteiger partial charge in [0, 0.05) is 24.0 Å². The first-order valence-corrected chi connectivity index (χ1v) is 8.18. The molecule has 0 bridgehead atoms. The van der Waals surface area contributed by atoms with Crippen LogP contribution in [0.5, 0.6) is 0 Å². The Bertz CT molecular complexity index is 938. The van der Waals surface area contributed by atoms with Crippen molar-refractivity contribution in [3.05, 3.63) is 71.2 Å². The molecule has 25 heavy (non-hydrogen) atoms. The molecular formula is C20H18FN3O. The Labute approximate surface area is 145 Å². The molecule has 1 N–H and O–H groups in total. The Hall–Kier alpha value is -3.13. The van der Waals surface area contributed by atoms with Crippen LogP contribution >= 0.6 is 0 Å². The van der Waals surface area contributed by atoms with Crippen molar-refractivity contribution >= 4 is 16.8 Å². The smallest absolute Gasteiger partial charge is 0.270 e. The second-order valence-electron chi connectivity index (χ2n) is 5.92. The van der Waals surface area contributed by atoms with Gasteiger partial charge in [-0.25, -0.2) is 4.39 Å². The summed E-state index contributed by atoms with van der Waals surface area (Å²) in [6.45, 7) is 3.04. The number of aromatic nitrogens is 1. The lowest BCUT2D eigenvalue weighted by atomic mass is 10.1. The van der Waals surface area contributed by atoms with Gasteiger partial charge in [-0.3, -0.25) is 4.79 Å². The van der Waals surface area contributed by atoms with E-state index in [4.69, 9.17) is 5.26 Å². The van der Waals surface area contributed by atoms with Gasteiger partial charge in [0.2, 0.25) is 0 Å². The van der Waals surface area contributed by atoms with Crippen LogP contribution in [0.25, 0.3) is 10.9 Å². The van der Waals surface area contributed by atoms with Gasteiger partial charge in [-0.2, -0.15) is 5.26 Å². The molecule has 0 atom stereocenters. The molecule has 5 heteroatoms. The fourth-order valence-corrected chi connectivity index (χ4v) is 2.83. The number of amides is 1. The van der Waals surface area contributed by atoms with Crippen LogP contribution < -0.4 is 0 Å². The van der Waals surface area contributed by atoms with E-state index in [1.54, 1.807) is 35.2 Å². The average molecular weight is 335 g/mol. The topological polar surface area (TPSA) is 59.9 Å². The fraction of sp³-hybridized carbons (Fsp3) is 0.200. The quantitative estimate of drug-likeness (QED) is 0.758. The van der Waals surface area contributed by atoms with Crippen LogP contribution in [0.3, 0.4) is 0 Å². The third-order valence-electron chi connectivity index (χ3n) is 4.08. The van der Waals surface area contributed by atoms with Crippen molar-refractivity contribution in [2.24, 2.45) is 0 Å². The summed E-state index contributed by atoms with van der Waals surface area (Å²) >= 11 is 0. The predicted molar refractivity (Wildman–Crippen MR) is 94.4 cm³/mol. The highest BCUT2D eigenvalue weighted by molar-refractivity contribution is 5.98. The van der Waals surface area contributed by atoms with E-state index in [1.807, 2.05) is 19.1 Å². The zero-order chi connectivity index (χ0) is 17.8. The number of nitrogens with one attached hydrogen (secondary N) is 1. The number of H-pyrrole nitrogens is 1. The van der Waals surface area contributed by atoms with E-state index < -0.39 is 0 Å². The van der Waals surface area contributed by atoms with Crippen LogP contribution in [-0.4, -0.2) is 22.3 Å². The summed E-state index contributed by atoms with van der Waals surface area (Å²) in [5, 5.41) is 9.29. The molecule has 1 aromatic heterocycles. The number of carbonyl (C=O) groups excluding carboxylic acids is 1. The molecule has 0 spiro atoms. The van der Waals surface area contributed by atoms with Gasteiger partial charge in [0.05, 0.1) is 11.6 Å². The summed E-state index contributed by atoms with van der Waals surface area (Å²) in [5.74, 6) is -0.510. The molecule has 0 fully saturated rings. The van der Waals surface area contributed by atoms with Crippen molar-refractivity contribution in [1.29, 1.82) is 5.26 Å². The number of nitriles is 1. The maximum atomic E-state index is 13.9. The third-order valence-corrected chi connectivity index (χ3v) is 4.08. The highest BCUT2D eigenvalue weighted by Crippen LogP contribution is 2.20. The monoisotopic (exact) mass is 335 g/mol. The molecule has 3 aromatic rings.